The number of carbonyl (C=O) groups excluding carboxylic acids is 2. The van der Waals surface area contributed by atoms with E-state index in [2.05, 4.69) is 15.3 Å². The van der Waals surface area contributed by atoms with E-state index in [9.17, 15) is 9.59 Å². The van der Waals surface area contributed by atoms with Crippen molar-refractivity contribution in [3.63, 3.8) is 0 Å². The molecular weight excluding hydrogens is 378 g/mol. The second-order valence-corrected chi connectivity index (χ2v) is 7.89. The van der Waals surface area contributed by atoms with Crippen LogP contribution in [0.25, 0.3) is 21.8 Å². The van der Waals surface area contributed by atoms with Gasteiger partial charge in [-0.1, -0.05) is 11.6 Å². The molecule has 1 saturated heterocycles. The number of fused-ring (bicyclic) bond motifs is 3. The number of amides is 2. The monoisotopic (exact) mass is 399 g/mol. The smallest absolute Gasteiger partial charge is 0.229 e. The number of likely N-dealkylation sites (N-methyl/N-ethyl adjacent to an activating group) is 1. The minimum atomic E-state index is -0.366. The van der Waals surface area contributed by atoms with Crippen LogP contribution in [0.4, 0.5) is 5.69 Å². The van der Waals surface area contributed by atoms with Crippen LogP contribution in [0.5, 0.6) is 0 Å². The lowest BCUT2D eigenvalue weighted by molar-refractivity contribution is -0.128. The third-order valence-corrected chi connectivity index (χ3v) is 5.35. The van der Waals surface area contributed by atoms with Crippen LogP contribution in [0.15, 0.2) is 30.6 Å². The summed E-state index contributed by atoms with van der Waals surface area (Å²) in [5, 5.41) is 5.43. The number of carbonyl (C=O) groups is 2. The summed E-state index contributed by atoms with van der Waals surface area (Å²) in [5.74, 6) is -0.509. The molecule has 1 atom stereocenters. The Hall–Kier alpha value is -2.64. The molecule has 8 heteroatoms. The summed E-state index contributed by atoms with van der Waals surface area (Å²) in [6, 6.07) is 5.51. The van der Waals surface area contributed by atoms with E-state index in [1.54, 1.807) is 23.4 Å². The van der Waals surface area contributed by atoms with Gasteiger partial charge in [-0.2, -0.15) is 0 Å². The Morgan fingerprint density at radius 1 is 1.39 bits per heavy atom. The zero-order valence-electron chi connectivity index (χ0n) is 15.8. The summed E-state index contributed by atoms with van der Waals surface area (Å²) in [6.45, 7) is 1.85. The van der Waals surface area contributed by atoms with Gasteiger partial charge in [-0.15, -0.1) is 0 Å². The Bertz CT molecular complexity index is 1060. The maximum atomic E-state index is 12.8. The van der Waals surface area contributed by atoms with Gasteiger partial charge in [0.05, 0.1) is 28.8 Å². The van der Waals surface area contributed by atoms with Crippen LogP contribution in [0.2, 0.25) is 5.02 Å². The number of H-pyrrole nitrogens is 1. The molecule has 1 aromatic carbocycles. The van der Waals surface area contributed by atoms with Crippen molar-refractivity contribution in [3.05, 3.63) is 35.6 Å². The second kappa shape index (κ2) is 7.41. The highest BCUT2D eigenvalue weighted by atomic mass is 35.5. The summed E-state index contributed by atoms with van der Waals surface area (Å²) < 4.78 is 0. The quantitative estimate of drug-likeness (QED) is 0.691. The van der Waals surface area contributed by atoms with Gasteiger partial charge in [-0.3, -0.25) is 14.6 Å². The summed E-state index contributed by atoms with van der Waals surface area (Å²) in [4.78, 5) is 36.3. The number of rotatable bonds is 5. The molecule has 0 spiro atoms. The average Bonchev–Trinajstić information content (AvgIpc) is 3.21. The topological polar surface area (TPSA) is 81.3 Å². The van der Waals surface area contributed by atoms with Gasteiger partial charge in [0, 0.05) is 48.0 Å². The third-order valence-electron chi connectivity index (χ3n) is 5.13. The fraction of sp³-hybridized carbons (Fsp3) is 0.350. The first-order valence-electron chi connectivity index (χ1n) is 9.20. The molecule has 4 rings (SSSR count). The Morgan fingerprint density at radius 3 is 3.00 bits per heavy atom. The van der Waals surface area contributed by atoms with Crippen molar-refractivity contribution in [2.45, 2.75) is 6.42 Å². The molecule has 28 heavy (non-hydrogen) atoms. The first-order valence-corrected chi connectivity index (χ1v) is 9.58. The second-order valence-electron chi connectivity index (χ2n) is 7.46. The number of nitrogens with one attached hydrogen (secondary N) is 2. The predicted octanol–water partition coefficient (Wildman–Crippen LogP) is 2.72. The van der Waals surface area contributed by atoms with E-state index >= 15 is 0 Å². The lowest BCUT2D eigenvalue weighted by Gasteiger charge is -2.19. The van der Waals surface area contributed by atoms with Crippen molar-refractivity contribution in [1.82, 2.24) is 19.8 Å². The number of aromatic amines is 1. The Morgan fingerprint density at radius 2 is 2.21 bits per heavy atom. The standard InChI is InChI=1S/C20H22ClN5O2/c1-25(2)5-6-26-11-12(7-18(26)27)20(28)24-16-9-13(21)8-15-14-3-4-22-10-17(14)23-19(15)16/h3-4,8-10,12,23H,5-7,11H2,1-2H3,(H,24,28)/t12-/m1/s1. The fourth-order valence-corrected chi connectivity index (χ4v) is 3.85. The lowest BCUT2D eigenvalue weighted by Crippen LogP contribution is -2.34. The van der Waals surface area contributed by atoms with E-state index < -0.39 is 0 Å². The van der Waals surface area contributed by atoms with Crippen LogP contribution >= 0.6 is 11.6 Å². The van der Waals surface area contributed by atoms with Gasteiger partial charge in [0.2, 0.25) is 11.8 Å². The number of aromatic nitrogens is 2. The van der Waals surface area contributed by atoms with Crippen molar-refractivity contribution in [2.75, 3.05) is 39.0 Å². The largest absolute Gasteiger partial charge is 0.352 e. The van der Waals surface area contributed by atoms with E-state index in [1.807, 2.05) is 31.1 Å². The van der Waals surface area contributed by atoms with Crippen LogP contribution in [-0.2, 0) is 9.59 Å². The Balaban J connectivity index is 1.57. The van der Waals surface area contributed by atoms with E-state index in [0.717, 1.165) is 28.4 Å². The SMILES string of the molecule is CN(C)CCN1C[C@H](C(=O)Nc2cc(Cl)cc3c2[nH]c2cnccc23)CC1=O. The minimum absolute atomic E-state index is 0.0231. The number of benzene rings is 1. The molecule has 0 bridgehead atoms. The summed E-state index contributed by atoms with van der Waals surface area (Å²) in [5.41, 5.74) is 2.29. The predicted molar refractivity (Wildman–Crippen MR) is 110 cm³/mol. The fourth-order valence-electron chi connectivity index (χ4n) is 3.64. The maximum Gasteiger partial charge on any atom is 0.229 e. The molecule has 0 radical (unpaired) electrons. The zero-order valence-corrected chi connectivity index (χ0v) is 16.6. The molecule has 3 aromatic rings. The highest BCUT2D eigenvalue weighted by molar-refractivity contribution is 6.32. The molecule has 0 aliphatic carbocycles. The molecule has 3 heterocycles. The highest BCUT2D eigenvalue weighted by Crippen LogP contribution is 2.33. The number of likely N-dealkylation sites (tertiary alicyclic amines) is 1. The van der Waals surface area contributed by atoms with Crippen molar-refractivity contribution in [1.29, 1.82) is 0 Å². The van der Waals surface area contributed by atoms with Gasteiger partial charge in [-0.05, 0) is 32.3 Å². The van der Waals surface area contributed by atoms with Gasteiger partial charge in [0.15, 0.2) is 0 Å². The Kier molecular flexibility index (Phi) is 4.95. The normalized spacial score (nSPS) is 17.2. The first kappa shape index (κ1) is 18.7. The molecule has 1 fully saturated rings. The average molecular weight is 400 g/mol. The van der Waals surface area contributed by atoms with Crippen LogP contribution in [0, 0.1) is 5.92 Å². The molecule has 0 saturated carbocycles. The molecule has 146 valence electrons. The maximum absolute atomic E-state index is 12.8. The van der Waals surface area contributed by atoms with Gasteiger partial charge >= 0.3 is 0 Å². The molecule has 1 aliphatic heterocycles. The lowest BCUT2D eigenvalue weighted by atomic mass is 10.1. The Labute approximate surface area is 167 Å². The van der Waals surface area contributed by atoms with E-state index in [4.69, 9.17) is 11.6 Å². The van der Waals surface area contributed by atoms with Gasteiger partial charge < -0.3 is 20.1 Å². The molecule has 7 nitrogen and oxygen atoms in total. The minimum Gasteiger partial charge on any atom is -0.352 e. The third kappa shape index (κ3) is 3.55. The van der Waals surface area contributed by atoms with Crippen LogP contribution in [0.1, 0.15) is 6.42 Å². The van der Waals surface area contributed by atoms with Crippen LogP contribution in [-0.4, -0.2) is 65.3 Å². The number of halogens is 1. The van der Waals surface area contributed by atoms with Crippen LogP contribution < -0.4 is 5.32 Å². The van der Waals surface area contributed by atoms with Gasteiger partial charge in [-0.25, -0.2) is 0 Å². The van der Waals surface area contributed by atoms with E-state index in [-0.39, 0.29) is 24.2 Å². The molecular formula is C20H22ClN5O2. The molecule has 2 amide bonds. The van der Waals surface area contributed by atoms with Crippen molar-refractivity contribution < 1.29 is 9.59 Å². The van der Waals surface area contributed by atoms with Gasteiger partial charge in [0.1, 0.15) is 0 Å². The molecule has 2 aromatic heterocycles. The number of hydrogen-bond donors (Lipinski definition) is 2. The van der Waals surface area contributed by atoms with Crippen LogP contribution in [0.3, 0.4) is 0 Å². The summed E-state index contributed by atoms with van der Waals surface area (Å²) >= 11 is 6.29. The number of anilines is 1. The summed E-state index contributed by atoms with van der Waals surface area (Å²) in [7, 11) is 3.93. The number of pyridine rings is 1. The first-order chi connectivity index (χ1) is 13.4. The number of nitrogens with zero attached hydrogens (tertiary/aromatic N) is 3. The molecule has 2 N–H and O–H groups in total. The van der Waals surface area contributed by atoms with E-state index in [1.165, 1.54) is 0 Å². The van der Waals surface area contributed by atoms with Gasteiger partial charge in [0.25, 0.3) is 0 Å². The number of hydrogen-bond acceptors (Lipinski definition) is 4. The van der Waals surface area contributed by atoms with Crippen molar-refractivity contribution in [2.24, 2.45) is 5.92 Å². The molecule has 1 aliphatic rings. The van der Waals surface area contributed by atoms with E-state index in [0.29, 0.717) is 23.8 Å². The highest BCUT2D eigenvalue weighted by Gasteiger charge is 2.34. The molecule has 0 unspecified atom stereocenters. The van der Waals surface area contributed by atoms with Crippen molar-refractivity contribution in [3.8, 4) is 0 Å². The summed E-state index contributed by atoms with van der Waals surface area (Å²) in [6.07, 6.45) is 3.70. The zero-order chi connectivity index (χ0) is 19.8. The van der Waals surface area contributed by atoms with Crippen molar-refractivity contribution >= 4 is 50.9 Å².